The van der Waals surface area contributed by atoms with E-state index in [0.29, 0.717) is 3.57 Å². The molecular weight excluding hydrogens is 639 g/mol. The summed E-state index contributed by atoms with van der Waals surface area (Å²) in [5.41, 5.74) is 15.6. The molecule has 0 aromatic heterocycles. The van der Waals surface area contributed by atoms with Crippen molar-refractivity contribution >= 4 is 51.8 Å². The van der Waals surface area contributed by atoms with Crippen LogP contribution >= 0.6 is 22.6 Å². The minimum absolute atomic E-state index is 0.0730. The number of ketones is 2. The summed E-state index contributed by atoms with van der Waals surface area (Å²) in [4.78, 5) is 54.6. The first-order valence-corrected chi connectivity index (χ1v) is 13.0. The number of amides is 1. The molecule has 1 amide bonds. The van der Waals surface area contributed by atoms with E-state index < -0.39 is 86.5 Å². The van der Waals surface area contributed by atoms with Crippen LogP contribution in [0.2, 0.25) is 0 Å². The second kappa shape index (κ2) is 9.24. The molecule has 6 atom stereocenters. The van der Waals surface area contributed by atoms with Gasteiger partial charge in [0, 0.05) is 9.99 Å². The summed E-state index contributed by atoms with van der Waals surface area (Å²) in [5.74, 6) is -7.77. The number of likely N-dealkylation sites (N-methyl/N-ethyl adjacent to an activating group) is 1. The Hall–Kier alpha value is -3.56. The second-order valence-corrected chi connectivity index (χ2v) is 11.3. The average molecular weight is 666 g/mol. The molecule has 15 heteroatoms. The highest BCUT2D eigenvalue weighted by atomic mass is 127. The lowest BCUT2D eigenvalue weighted by Crippen LogP contribution is -2.88. The molecule has 40 heavy (non-hydrogen) atoms. The predicted octanol–water partition coefficient (Wildman–Crippen LogP) is -1.10. The summed E-state index contributed by atoms with van der Waals surface area (Å²) < 4.78 is 6.12. The lowest BCUT2D eigenvalue weighted by Gasteiger charge is -2.62. The van der Waals surface area contributed by atoms with E-state index in [0.717, 1.165) is 0 Å². The molecule has 4 rings (SSSR count). The number of nitrogens with zero attached hydrogens (tertiary/aromatic N) is 2. The van der Waals surface area contributed by atoms with E-state index in [1.54, 1.807) is 6.07 Å². The molecule has 3 aliphatic rings. The molecule has 0 radical (unpaired) electrons. The summed E-state index contributed by atoms with van der Waals surface area (Å²) in [5, 5.41) is 44.1. The lowest BCUT2D eigenvalue weighted by atomic mass is 9.45. The first kappa shape index (κ1) is 29.4. The Morgan fingerprint density at radius 1 is 1.20 bits per heavy atom. The van der Waals surface area contributed by atoms with Crippen molar-refractivity contribution in [2.45, 2.75) is 42.6 Å². The predicted molar refractivity (Wildman–Crippen MR) is 146 cm³/mol. The molecule has 212 valence electrons. The Balaban J connectivity index is 2.30. The zero-order chi connectivity index (χ0) is 30.3. The highest BCUT2D eigenvalue weighted by Gasteiger charge is 2.81. The van der Waals surface area contributed by atoms with E-state index in [1.165, 1.54) is 38.1 Å². The maximum atomic E-state index is 14.5. The largest absolute Gasteiger partial charge is 0.509 e. The summed E-state index contributed by atoms with van der Waals surface area (Å²) in [7, 11) is 2.68. The number of halogens is 1. The van der Waals surface area contributed by atoms with Crippen molar-refractivity contribution in [2.24, 2.45) is 28.3 Å². The normalized spacial score (nSPS) is 33.2. The SMILES string of the molecule is CCC(=O)O[C@H]1[C@@]2(N)C(=C(O)c3c(O)ccc(I)c3[C@@H]2N)C(=O)[C@]2(C#N)C(O)=C(C(N)=O)C(=O)[C@@H](N(C)C)[C@]12N. The number of phenolic OH excluding ortho intramolecular Hbond substituents is 1. The van der Waals surface area contributed by atoms with Crippen LogP contribution in [0.4, 0.5) is 0 Å². The number of primary amides is 1. The van der Waals surface area contributed by atoms with Crippen LogP contribution in [0.3, 0.4) is 0 Å². The Kier molecular flexibility index (Phi) is 6.80. The van der Waals surface area contributed by atoms with Crippen molar-refractivity contribution in [1.29, 1.82) is 5.26 Å². The van der Waals surface area contributed by atoms with Gasteiger partial charge in [-0.2, -0.15) is 5.26 Å². The Bertz CT molecular complexity index is 1510. The number of benzene rings is 1. The van der Waals surface area contributed by atoms with Gasteiger partial charge in [-0.1, -0.05) is 6.92 Å². The number of phenols is 1. The molecule has 1 fully saturated rings. The first-order chi connectivity index (χ1) is 18.5. The van der Waals surface area contributed by atoms with E-state index in [4.69, 9.17) is 27.7 Å². The zero-order valence-electron chi connectivity index (χ0n) is 21.6. The summed E-state index contributed by atoms with van der Waals surface area (Å²) in [6.07, 6.45) is -2.29. The maximum absolute atomic E-state index is 14.5. The molecule has 0 unspecified atom stereocenters. The lowest BCUT2D eigenvalue weighted by molar-refractivity contribution is -0.176. The summed E-state index contributed by atoms with van der Waals surface area (Å²) >= 11 is 1.86. The topological polar surface area (TPSA) is 269 Å². The van der Waals surface area contributed by atoms with Crippen LogP contribution in [0, 0.1) is 20.3 Å². The Morgan fingerprint density at radius 3 is 2.30 bits per heavy atom. The number of nitriles is 1. The molecule has 0 bridgehead atoms. The van der Waals surface area contributed by atoms with Gasteiger partial charge in [-0.15, -0.1) is 0 Å². The number of carbonyl (C=O) groups is 4. The van der Waals surface area contributed by atoms with E-state index in [9.17, 15) is 39.8 Å². The van der Waals surface area contributed by atoms with E-state index in [-0.39, 0.29) is 17.5 Å². The van der Waals surface area contributed by atoms with Gasteiger partial charge in [-0.3, -0.25) is 24.1 Å². The van der Waals surface area contributed by atoms with E-state index >= 15 is 0 Å². The molecule has 0 spiro atoms. The third kappa shape index (κ3) is 3.22. The molecule has 0 heterocycles. The Labute approximate surface area is 241 Å². The maximum Gasteiger partial charge on any atom is 0.305 e. The molecule has 3 aliphatic carbocycles. The van der Waals surface area contributed by atoms with Crippen LogP contribution in [-0.2, 0) is 23.9 Å². The van der Waals surface area contributed by atoms with Gasteiger partial charge >= 0.3 is 5.97 Å². The van der Waals surface area contributed by atoms with Crippen LogP contribution in [0.15, 0.2) is 29.0 Å². The van der Waals surface area contributed by atoms with Crippen molar-refractivity contribution in [3.63, 3.8) is 0 Å². The molecule has 1 aromatic carbocycles. The number of aliphatic hydroxyl groups excluding tert-OH is 2. The fourth-order valence-electron chi connectivity index (χ4n) is 6.26. The number of esters is 1. The molecule has 1 aromatic rings. The summed E-state index contributed by atoms with van der Waals surface area (Å²) in [6, 6.07) is 1.01. The van der Waals surface area contributed by atoms with Gasteiger partial charge in [0.25, 0.3) is 5.91 Å². The van der Waals surface area contributed by atoms with Crippen LogP contribution in [0.5, 0.6) is 5.75 Å². The smallest absolute Gasteiger partial charge is 0.305 e. The average Bonchev–Trinajstić information content (AvgIpc) is 2.86. The Morgan fingerprint density at radius 2 is 1.80 bits per heavy atom. The standard InChI is InChI=1S/C25H27IN6O8/c1-4-10(34)40-22-24(30)14(15(35)12-9(33)6-5-8(26)11(12)17(24)28)20(38)23(7-27)19(37)13(21(29)39)16(36)18(32(2)3)25(22,23)31/h5-6,17-18,22,33,35,37H,4,28,30-31H2,1-3H3,(H2,29,39)/t17-,18+,22-,23-,24+,25-/m0/s1. The number of rotatable bonds is 4. The number of nitrogens with two attached hydrogens (primary N) is 4. The van der Waals surface area contributed by atoms with Gasteiger partial charge in [0.15, 0.2) is 11.6 Å². The van der Waals surface area contributed by atoms with Gasteiger partial charge < -0.3 is 43.0 Å². The molecule has 14 nitrogen and oxygen atoms in total. The molecule has 11 N–H and O–H groups in total. The third-order valence-corrected chi connectivity index (χ3v) is 8.94. The molecule has 0 saturated heterocycles. The minimum atomic E-state index is -3.04. The van der Waals surface area contributed by atoms with Gasteiger partial charge in [0.2, 0.25) is 5.41 Å². The van der Waals surface area contributed by atoms with Crippen molar-refractivity contribution in [3.05, 3.63) is 43.7 Å². The van der Waals surface area contributed by atoms with Gasteiger partial charge in [-0.05, 0) is 54.4 Å². The zero-order valence-corrected chi connectivity index (χ0v) is 23.7. The van der Waals surface area contributed by atoms with Crippen molar-refractivity contribution in [3.8, 4) is 11.8 Å². The number of fused-ring (bicyclic) bond motifs is 3. The molecule has 1 saturated carbocycles. The van der Waals surface area contributed by atoms with Gasteiger partial charge in [0.05, 0.1) is 29.3 Å². The fraction of sp³-hybridized carbons (Fsp3) is 0.400. The fourth-order valence-corrected chi connectivity index (χ4v) is 7.05. The van der Waals surface area contributed by atoms with Gasteiger partial charge in [0.1, 0.15) is 40.0 Å². The second-order valence-electron chi connectivity index (χ2n) is 10.2. The highest BCUT2D eigenvalue weighted by Crippen LogP contribution is 2.61. The summed E-state index contributed by atoms with van der Waals surface area (Å²) in [6.45, 7) is 1.43. The van der Waals surface area contributed by atoms with Crippen molar-refractivity contribution in [2.75, 3.05) is 14.1 Å². The quantitative estimate of drug-likeness (QED) is 0.114. The number of carbonyl (C=O) groups excluding carboxylic acids is 4. The van der Waals surface area contributed by atoms with Gasteiger partial charge in [-0.25, -0.2) is 0 Å². The van der Waals surface area contributed by atoms with E-state index in [2.05, 4.69) is 0 Å². The van der Waals surface area contributed by atoms with Crippen LogP contribution in [0.25, 0.3) is 5.76 Å². The minimum Gasteiger partial charge on any atom is -0.509 e. The highest BCUT2D eigenvalue weighted by molar-refractivity contribution is 14.1. The number of ether oxygens (including phenoxy) is 1. The first-order valence-electron chi connectivity index (χ1n) is 11.9. The number of aliphatic hydroxyl groups is 2. The number of aromatic hydroxyl groups is 1. The monoisotopic (exact) mass is 666 g/mol. The van der Waals surface area contributed by atoms with Crippen molar-refractivity contribution in [1.82, 2.24) is 4.90 Å². The molecular formula is C25H27IN6O8. The third-order valence-electron chi connectivity index (χ3n) is 8.00. The number of hydrogen-bond acceptors (Lipinski definition) is 13. The van der Waals surface area contributed by atoms with E-state index in [1.807, 2.05) is 22.6 Å². The van der Waals surface area contributed by atoms with Crippen LogP contribution in [-0.4, -0.2) is 81.0 Å². The van der Waals surface area contributed by atoms with Crippen LogP contribution in [0.1, 0.15) is 30.5 Å². The number of Topliss-reactive ketones (excluding diaryl/α,β-unsaturated/α-hetero) is 2. The van der Waals surface area contributed by atoms with Crippen molar-refractivity contribution < 1.29 is 39.2 Å². The molecule has 0 aliphatic heterocycles. The van der Waals surface area contributed by atoms with Crippen LogP contribution < -0.4 is 22.9 Å². The number of hydrogen-bond donors (Lipinski definition) is 7.